The van der Waals surface area contributed by atoms with E-state index >= 15 is 0 Å². The zero-order valence-electron chi connectivity index (χ0n) is 6.77. The lowest BCUT2D eigenvalue weighted by Crippen LogP contribution is -2.02. The average molecular weight is 184 g/mol. The SMILES string of the molecule is CSc1ncc(OC(C)=O)cn1. The number of ether oxygens (including phenoxy) is 1. The summed E-state index contributed by atoms with van der Waals surface area (Å²) >= 11 is 1.43. The highest BCUT2D eigenvalue weighted by atomic mass is 32.2. The van der Waals surface area contributed by atoms with Crippen LogP contribution in [0, 0.1) is 0 Å². The molecule has 0 aliphatic rings. The minimum Gasteiger partial charge on any atom is -0.423 e. The molecule has 1 heterocycles. The van der Waals surface area contributed by atoms with E-state index in [9.17, 15) is 4.79 Å². The summed E-state index contributed by atoms with van der Waals surface area (Å²) in [5.74, 6) is 0.0100. The molecule has 4 nitrogen and oxygen atoms in total. The smallest absolute Gasteiger partial charge is 0.308 e. The third-order valence-electron chi connectivity index (χ3n) is 1.05. The van der Waals surface area contributed by atoms with Crippen LogP contribution in [0.5, 0.6) is 5.75 Å². The Morgan fingerprint density at radius 1 is 1.50 bits per heavy atom. The van der Waals surface area contributed by atoms with Gasteiger partial charge in [-0.2, -0.15) is 0 Å². The molecule has 1 aromatic rings. The summed E-state index contributed by atoms with van der Waals surface area (Å²) in [6, 6.07) is 0. The fourth-order valence-corrected chi connectivity index (χ4v) is 0.945. The normalized spacial score (nSPS) is 9.50. The van der Waals surface area contributed by atoms with Gasteiger partial charge in [-0.1, -0.05) is 11.8 Å². The maximum Gasteiger partial charge on any atom is 0.308 e. The first-order valence-electron chi connectivity index (χ1n) is 3.27. The van der Waals surface area contributed by atoms with Crippen molar-refractivity contribution >= 4 is 17.7 Å². The zero-order valence-corrected chi connectivity index (χ0v) is 7.59. The molecular formula is C7H8N2O2S. The van der Waals surface area contributed by atoms with E-state index in [1.165, 1.54) is 31.1 Å². The van der Waals surface area contributed by atoms with Crippen molar-refractivity contribution in [2.75, 3.05) is 6.26 Å². The van der Waals surface area contributed by atoms with E-state index in [0.29, 0.717) is 10.9 Å². The van der Waals surface area contributed by atoms with Gasteiger partial charge in [-0.05, 0) is 6.26 Å². The maximum atomic E-state index is 10.5. The Balaban J connectivity index is 2.71. The molecule has 1 aromatic heterocycles. The Kier molecular flexibility index (Phi) is 3.04. The third-order valence-corrected chi connectivity index (χ3v) is 1.62. The Morgan fingerprint density at radius 2 is 2.08 bits per heavy atom. The fourth-order valence-electron chi connectivity index (χ4n) is 0.628. The van der Waals surface area contributed by atoms with Crippen LogP contribution in [0.4, 0.5) is 0 Å². The molecule has 0 aliphatic heterocycles. The van der Waals surface area contributed by atoms with Gasteiger partial charge in [0.25, 0.3) is 0 Å². The first-order chi connectivity index (χ1) is 5.72. The third kappa shape index (κ3) is 2.50. The zero-order chi connectivity index (χ0) is 8.97. The van der Waals surface area contributed by atoms with Gasteiger partial charge in [0.2, 0.25) is 0 Å². The van der Waals surface area contributed by atoms with Gasteiger partial charge in [-0.3, -0.25) is 4.79 Å². The summed E-state index contributed by atoms with van der Waals surface area (Å²) < 4.78 is 4.74. The van der Waals surface area contributed by atoms with E-state index in [-0.39, 0.29) is 5.97 Å². The molecule has 0 aromatic carbocycles. The minimum absolute atomic E-state index is 0.365. The summed E-state index contributed by atoms with van der Waals surface area (Å²) in [6.07, 6.45) is 4.82. The average Bonchev–Trinajstić information content (AvgIpc) is 2.05. The molecule has 0 spiro atoms. The molecule has 0 amide bonds. The lowest BCUT2D eigenvalue weighted by atomic mass is 10.6. The van der Waals surface area contributed by atoms with Crippen LogP contribution in [-0.2, 0) is 4.79 Å². The van der Waals surface area contributed by atoms with Crippen LogP contribution in [0.15, 0.2) is 17.6 Å². The number of hydrogen-bond acceptors (Lipinski definition) is 5. The van der Waals surface area contributed by atoms with E-state index in [1.807, 2.05) is 6.26 Å². The quantitative estimate of drug-likeness (QED) is 0.391. The lowest BCUT2D eigenvalue weighted by molar-refractivity contribution is -0.131. The molecule has 0 aliphatic carbocycles. The molecule has 0 radical (unpaired) electrons. The van der Waals surface area contributed by atoms with Gasteiger partial charge in [0, 0.05) is 6.92 Å². The number of carbonyl (C=O) groups is 1. The molecule has 0 atom stereocenters. The Hall–Kier alpha value is -1.10. The largest absolute Gasteiger partial charge is 0.423 e. The molecule has 0 bridgehead atoms. The van der Waals surface area contributed by atoms with Gasteiger partial charge in [0.05, 0.1) is 12.4 Å². The molecule has 0 N–H and O–H groups in total. The van der Waals surface area contributed by atoms with Crippen LogP contribution in [0.1, 0.15) is 6.92 Å². The second kappa shape index (κ2) is 4.06. The van der Waals surface area contributed by atoms with Crippen molar-refractivity contribution in [3.05, 3.63) is 12.4 Å². The molecule has 12 heavy (non-hydrogen) atoms. The van der Waals surface area contributed by atoms with Crippen LogP contribution >= 0.6 is 11.8 Å². The van der Waals surface area contributed by atoms with E-state index in [2.05, 4.69) is 9.97 Å². The van der Waals surface area contributed by atoms with Gasteiger partial charge in [-0.15, -0.1) is 0 Å². The highest BCUT2D eigenvalue weighted by Gasteiger charge is 1.98. The van der Waals surface area contributed by atoms with E-state index in [1.54, 1.807) is 0 Å². The summed E-state index contributed by atoms with van der Waals surface area (Å²) in [4.78, 5) is 18.3. The van der Waals surface area contributed by atoms with Crippen molar-refractivity contribution in [2.45, 2.75) is 12.1 Å². The Labute approximate surface area is 74.4 Å². The van der Waals surface area contributed by atoms with Crippen molar-refractivity contribution in [3.8, 4) is 5.75 Å². The number of aromatic nitrogens is 2. The number of carbonyl (C=O) groups excluding carboxylic acids is 1. The maximum absolute atomic E-state index is 10.5. The monoisotopic (exact) mass is 184 g/mol. The Bertz CT molecular complexity index is 273. The van der Waals surface area contributed by atoms with Crippen LogP contribution in [0.2, 0.25) is 0 Å². The van der Waals surface area contributed by atoms with Crippen LogP contribution in [0.25, 0.3) is 0 Å². The molecular weight excluding hydrogens is 176 g/mol. The number of esters is 1. The topological polar surface area (TPSA) is 52.1 Å². The molecule has 1 rings (SSSR count). The number of rotatable bonds is 2. The van der Waals surface area contributed by atoms with Crippen LogP contribution in [0.3, 0.4) is 0 Å². The predicted molar refractivity (Wildman–Crippen MR) is 45.1 cm³/mol. The van der Waals surface area contributed by atoms with Crippen molar-refractivity contribution < 1.29 is 9.53 Å². The highest BCUT2D eigenvalue weighted by molar-refractivity contribution is 7.98. The number of hydrogen-bond donors (Lipinski definition) is 0. The van der Waals surface area contributed by atoms with Crippen molar-refractivity contribution in [3.63, 3.8) is 0 Å². The van der Waals surface area contributed by atoms with Gasteiger partial charge < -0.3 is 4.74 Å². The summed E-state index contributed by atoms with van der Waals surface area (Å²) in [6.45, 7) is 1.34. The summed E-state index contributed by atoms with van der Waals surface area (Å²) in [5, 5.41) is 0.658. The van der Waals surface area contributed by atoms with Crippen LogP contribution in [-0.4, -0.2) is 22.2 Å². The molecule has 0 saturated heterocycles. The van der Waals surface area contributed by atoms with Gasteiger partial charge in [0.1, 0.15) is 0 Å². The van der Waals surface area contributed by atoms with Crippen molar-refractivity contribution in [1.82, 2.24) is 9.97 Å². The molecule has 0 saturated carbocycles. The van der Waals surface area contributed by atoms with Crippen molar-refractivity contribution in [2.24, 2.45) is 0 Å². The fraction of sp³-hybridized carbons (Fsp3) is 0.286. The van der Waals surface area contributed by atoms with Crippen LogP contribution < -0.4 is 4.74 Å². The van der Waals surface area contributed by atoms with Crippen molar-refractivity contribution in [1.29, 1.82) is 0 Å². The van der Waals surface area contributed by atoms with E-state index in [4.69, 9.17) is 4.74 Å². The second-order valence-electron chi connectivity index (χ2n) is 2.00. The lowest BCUT2D eigenvalue weighted by Gasteiger charge is -1.99. The molecule has 5 heteroatoms. The predicted octanol–water partition coefficient (Wildman–Crippen LogP) is 1.12. The standard InChI is InChI=1S/C7H8N2O2S/c1-5(10)11-6-3-8-7(12-2)9-4-6/h3-4H,1-2H3. The first kappa shape index (κ1) is 8.99. The van der Waals surface area contributed by atoms with Gasteiger partial charge in [-0.25, -0.2) is 9.97 Å². The Morgan fingerprint density at radius 3 is 2.50 bits per heavy atom. The number of thioether (sulfide) groups is 1. The summed E-state index contributed by atoms with van der Waals surface area (Å²) in [7, 11) is 0. The number of nitrogens with zero attached hydrogens (tertiary/aromatic N) is 2. The molecule has 64 valence electrons. The van der Waals surface area contributed by atoms with Gasteiger partial charge >= 0.3 is 5.97 Å². The minimum atomic E-state index is -0.365. The summed E-state index contributed by atoms with van der Waals surface area (Å²) in [5.41, 5.74) is 0. The molecule has 0 fully saturated rings. The van der Waals surface area contributed by atoms with E-state index < -0.39 is 0 Å². The van der Waals surface area contributed by atoms with E-state index in [0.717, 1.165) is 0 Å². The first-order valence-corrected chi connectivity index (χ1v) is 4.49. The second-order valence-corrected chi connectivity index (χ2v) is 2.77. The molecule has 0 unspecified atom stereocenters. The highest BCUT2D eigenvalue weighted by Crippen LogP contribution is 2.11. The van der Waals surface area contributed by atoms with Gasteiger partial charge in [0.15, 0.2) is 10.9 Å².